The molecule has 30 heavy (non-hydrogen) atoms. The molecule has 0 aromatic heterocycles. The standard InChI is InChI=1S/C24H32N2O4/c1-2-3-5-8-19-9-11-20(12-10-19)21(27)13-14-23(29)30-17-22(28)26-24(18-25)15-6-4-7-16-24/h9-12H,2-8,13-17H2,1H3,(H,26,28). The Hall–Kier alpha value is -2.68. The van der Waals surface area contributed by atoms with Crippen LogP contribution in [0.4, 0.5) is 0 Å². The number of ketones is 1. The van der Waals surface area contributed by atoms with Crippen molar-refractivity contribution in [3.63, 3.8) is 0 Å². The highest BCUT2D eigenvalue weighted by molar-refractivity contribution is 5.97. The number of hydrogen-bond acceptors (Lipinski definition) is 5. The summed E-state index contributed by atoms with van der Waals surface area (Å²) in [6, 6.07) is 9.71. The number of nitrogens with one attached hydrogen (secondary N) is 1. The normalized spacial score (nSPS) is 15.1. The smallest absolute Gasteiger partial charge is 0.306 e. The Labute approximate surface area is 179 Å². The Morgan fingerprint density at radius 1 is 1.07 bits per heavy atom. The van der Waals surface area contributed by atoms with E-state index in [0.29, 0.717) is 18.4 Å². The highest BCUT2D eigenvalue weighted by Gasteiger charge is 2.33. The number of rotatable bonds is 11. The van der Waals surface area contributed by atoms with E-state index >= 15 is 0 Å². The molecule has 1 aromatic rings. The number of ether oxygens (including phenoxy) is 1. The van der Waals surface area contributed by atoms with Crippen molar-refractivity contribution in [2.45, 2.75) is 83.1 Å². The van der Waals surface area contributed by atoms with E-state index in [-0.39, 0.29) is 18.6 Å². The first kappa shape index (κ1) is 23.6. The Morgan fingerprint density at radius 3 is 2.40 bits per heavy atom. The summed E-state index contributed by atoms with van der Waals surface area (Å²) in [6.07, 6.45) is 8.57. The molecule has 0 aliphatic heterocycles. The van der Waals surface area contributed by atoms with Crippen molar-refractivity contribution in [3.8, 4) is 6.07 Å². The first-order valence-electron chi connectivity index (χ1n) is 11.0. The number of benzene rings is 1. The van der Waals surface area contributed by atoms with Gasteiger partial charge in [0.1, 0.15) is 5.54 Å². The third-order valence-electron chi connectivity index (χ3n) is 5.57. The lowest BCUT2D eigenvalue weighted by Gasteiger charge is -2.31. The van der Waals surface area contributed by atoms with Crippen molar-refractivity contribution in [2.24, 2.45) is 0 Å². The van der Waals surface area contributed by atoms with Gasteiger partial charge in [0.25, 0.3) is 5.91 Å². The monoisotopic (exact) mass is 412 g/mol. The zero-order chi connectivity index (χ0) is 21.8. The number of esters is 1. The number of hydrogen-bond donors (Lipinski definition) is 1. The summed E-state index contributed by atoms with van der Waals surface area (Å²) in [7, 11) is 0. The van der Waals surface area contributed by atoms with Crippen molar-refractivity contribution in [2.75, 3.05) is 6.61 Å². The van der Waals surface area contributed by atoms with Gasteiger partial charge in [-0.05, 0) is 31.2 Å². The van der Waals surface area contributed by atoms with Crippen LogP contribution in [-0.2, 0) is 20.7 Å². The molecule has 0 atom stereocenters. The molecule has 1 aliphatic carbocycles. The third kappa shape index (κ3) is 7.62. The van der Waals surface area contributed by atoms with Gasteiger partial charge in [0, 0.05) is 12.0 Å². The number of aryl methyl sites for hydroxylation is 1. The van der Waals surface area contributed by atoms with Crippen molar-refractivity contribution < 1.29 is 19.1 Å². The van der Waals surface area contributed by atoms with E-state index < -0.39 is 24.0 Å². The minimum Gasteiger partial charge on any atom is -0.456 e. The second-order valence-corrected chi connectivity index (χ2v) is 8.04. The van der Waals surface area contributed by atoms with E-state index in [1.165, 1.54) is 18.4 Å². The minimum atomic E-state index is -0.847. The van der Waals surface area contributed by atoms with Gasteiger partial charge in [0.15, 0.2) is 12.4 Å². The van der Waals surface area contributed by atoms with Gasteiger partial charge in [0.2, 0.25) is 0 Å². The lowest BCUT2D eigenvalue weighted by atomic mass is 9.83. The van der Waals surface area contributed by atoms with Crippen LogP contribution in [0, 0.1) is 11.3 Å². The molecule has 1 aromatic carbocycles. The molecule has 0 bridgehead atoms. The molecule has 0 radical (unpaired) electrons. The van der Waals surface area contributed by atoms with Crippen LogP contribution in [0.25, 0.3) is 0 Å². The zero-order valence-corrected chi connectivity index (χ0v) is 17.9. The molecule has 0 unspecified atom stereocenters. The zero-order valence-electron chi connectivity index (χ0n) is 17.9. The first-order chi connectivity index (χ1) is 14.5. The van der Waals surface area contributed by atoms with Crippen molar-refractivity contribution in [3.05, 3.63) is 35.4 Å². The summed E-state index contributed by atoms with van der Waals surface area (Å²) in [5.74, 6) is -1.19. The molecule has 0 spiro atoms. The fourth-order valence-electron chi connectivity index (χ4n) is 3.74. The predicted molar refractivity (Wildman–Crippen MR) is 114 cm³/mol. The van der Waals surface area contributed by atoms with Crippen LogP contribution >= 0.6 is 0 Å². The van der Waals surface area contributed by atoms with Gasteiger partial charge in [-0.15, -0.1) is 0 Å². The Balaban J connectivity index is 1.70. The molecule has 0 saturated heterocycles. The maximum Gasteiger partial charge on any atom is 0.306 e. The van der Waals surface area contributed by atoms with Gasteiger partial charge >= 0.3 is 5.97 Å². The second kappa shape index (κ2) is 12.1. The number of unbranched alkanes of at least 4 members (excludes halogenated alkanes) is 2. The fourth-order valence-corrected chi connectivity index (χ4v) is 3.74. The van der Waals surface area contributed by atoms with E-state index in [2.05, 4.69) is 18.3 Å². The molecule has 6 heteroatoms. The van der Waals surface area contributed by atoms with Crippen molar-refractivity contribution >= 4 is 17.7 Å². The molecule has 0 heterocycles. The molecular weight excluding hydrogens is 380 g/mol. The van der Waals surface area contributed by atoms with Crippen LogP contribution in [0.1, 0.15) is 87.1 Å². The molecule has 1 saturated carbocycles. The van der Waals surface area contributed by atoms with Crippen LogP contribution in [-0.4, -0.2) is 29.8 Å². The lowest BCUT2D eigenvalue weighted by Crippen LogP contribution is -2.50. The summed E-state index contributed by atoms with van der Waals surface area (Å²) in [6.45, 7) is 1.74. The number of nitrogens with zero attached hydrogens (tertiary/aromatic N) is 1. The van der Waals surface area contributed by atoms with E-state index in [9.17, 15) is 19.6 Å². The molecule has 1 aliphatic rings. The highest BCUT2D eigenvalue weighted by Crippen LogP contribution is 2.27. The number of Topliss-reactive ketones (excluding diaryl/α,β-unsaturated/α-hetero) is 1. The SMILES string of the molecule is CCCCCc1ccc(C(=O)CCC(=O)OCC(=O)NC2(C#N)CCCCC2)cc1. The topological polar surface area (TPSA) is 96.3 Å². The summed E-state index contributed by atoms with van der Waals surface area (Å²) in [5.41, 5.74) is 0.937. The molecule has 1 fully saturated rings. The van der Waals surface area contributed by atoms with Gasteiger partial charge in [-0.3, -0.25) is 14.4 Å². The van der Waals surface area contributed by atoms with Crippen LogP contribution in [0.3, 0.4) is 0 Å². The van der Waals surface area contributed by atoms with Gasteiger partial charge in [-0.1, -0.05) is 63.3 Å². The average molecular weight is 413 g/mol. The largest absolute Gasteiger partial charge is 0.456 e. The molecule has 1 amide bonds. The second-order valence-electron chi connectivity index (χ2n) is 8.04. The predicted octanol–water partition coefficient (Wildman–Crippen LogP) is 4.27. The summed E-state index contributed by atoms with van der Waals surface area (Å²) >= 11 is 0. The summed E-state index contributed by atoms with van der Waals surface area (Å²) in [5, 5.41) is 12.1. The van der Waals surface area contributed by atoms with Crippen LogP contribution in [0.5, 0.6) is 0 Å². The molecular formula is C24H32N2O4. The Morgan fingerprint density at radius 2 is 1.77 bits per heavy atom. The molecule has 162 valence electrons. The quantitative estimate of drug-likeness (QED) is 0.333. The van der Waals surface area contributed by atoms with E-state index in [1.54, 1.807) is 12.1 Å². The van der Waals surface area contributed by atoms with Gasteiger partial charge in [-0.25, -0.2) is 0 Å². The van der Waals surface area contributed by atoms with Crippen LogP contribution in [0.15, 0.2) is 24.3 Å². The van der Waals surface area contributed by atoms with Crippen LogP contribution in [0.2, 0.25) is 0 Å². The molecule has 2 rings (SSSR count). The number of carbonyl (C=O) groups is 3. The van der Waals surface area contributed by atoms with E-state index in [0.717, 1.165) is 32.1 Å². The Kier molecular flexibility index (Phi) is 9.53. The number of nitriles is 1. The maximum absolute atomic E-state index is 12.3. The van der Waals surface area contributed by atoms with Crippen molar-refractivity contribution in [1.82, 2.24) is 5.32 Å². The minimum absolute atomic E-state index is 0.0395. The molecule has 1 N–H and O–H groups in total. The van der Waals surface area contributed by atoms with Gasteiger partial charge < -0.3 is 10.1 Å². The number of amides is 1. The highest BCUT2D eigenvalue weighted by atomic mass is 16.5. The van der Waals surface area contributed by atoms with Gasteiger partial charge in [0.05, 0.1) is 12.5 Å². The summed E-state index contributed by atoms with van der Waals surface area (Å²) in [4.78, 5) is 36.2. The third-order valence-corrected chi connectivity index (χ3v) is 5.57. The number of carbonyl (C=O) groups excluding carboxylic acids is 3. The molecule has 6 nitrogen and oxygen atoms in total. The van der Waals surface area contributed by atoms with Crippen molar-refractivity contribution in [1.29, 1.82) is 5.26 Å². The summed E-state index contributed by atoms with van der Waals surface area (Å²) < 4.78 is 4.98. The maximum atomic E-state index is 12.3. The van der Waals surface area contributed by atoms with E-state index in [4.69, 9.17) is 4.74 Å². The fraction of sp³-hybridized carbons (Fsp3) is 0.583. The van der Waals surface area contributed by atoms with Crippen LogP contribution < -0.4 is 5.32 Å². The van der Waals surface area contributed by atoms with Gasteiger partial charge in [-0.2, -0.15) is 5.26 Å². The first-order valence-corrected chi connectivity index (χ1v) is 11.0. The van der Waals surface area contributed by atoms with E-state index in [1.807, 2.05) is 12.1 Å². The Bertz CT molecular complexity index is 758. The lowest BCUT2D eigenvalue weighted by molar-refractivity contribution is -0.148. The average Bonchev–Trinajstić information content (AvgIpc) is 2.77.